The van der Waals surface area contributed by atoms with Gasteiger partial charge in [0.2, 0.25) is 0 Å². The first-order valence-corrected chi connectivity index (χ1v) is 9.12. The molecule has 0 amide bonds. The smallest absolute Gasteiger partial charge is 0.143 e. The van der Waals surface area contributed by atoms with Gasteiger partial charge in [-0.05, 0) is 48.5 Å². The summed E-state index contributed by atoms with van der Waals surface area (Å²) in [6.45, 7) is 0. The van der Waals surface area contributed by atoms with Crippen LogP contribution in [0.25, 0.3) is 37.8 Å². The highest BCUT2D eigenvalue weighted by atomic mass is 32.1. The van der Waals surface area contributed by atoms with Crippen LogP contribution in [0.4, 0.5) is 0 Å². The normalized spacial score (nSPS) is 11.3. The molecule has 3 aromatic heterocycles. The predicted octanol–water partition coefficient (Wildman–Crippen LogP) is 5.29. The van der Waals surface area contributed by atoms with Gasteiger partial charge in [0, 0.05) is 11.8 Å². The van der Waals surface area contributed by atoms with Gasteiger partial charge in [-0.25, -0.2) is 9.97 Å². The van der Waals surface area contributed by atoms with Crippen molar-refractivity contribution in [3.63, 3.8) is 0 Å². The molecular formula is C21H15N3OS. The molecule has 0 fully saturated rings. The molecule has 0 spiro atoms. The van der Waals surface area contributed by atoms with Gasteiger partial charge in [0.25, 0.3) is 0 Å². The summed E-state index contributed by atoms with van der Waals surface area (Å²) in [5.74, 6) is 0.832. The van der Waals surface area contributed by atoms with Crippen LogP contribution in [0.1, 0.15) is 0 Å². The molecule has 0 radical (unpaired) electrons. The van der Waals surface area contributed by atoms with Crippen LogP contribution in [0, 0.1) is 0 Å². The molecule has 5 aromatic rings. The van der Waals surface area contributed by atoms with E-state index in [-0.39, 0.29) is 0 Å². The average molecular weight is 357 g/mol. The lowest BCUT2D eigenvalue weighted by atomic mass is 10.1. The topological polar surface area (TPSA) is 39.4 Å². The molecule has 0 aliphatic heterocycles. The third-order valence-electron chi connectivity index (χ3n) is 4.39. The number of rotatable bonds is 3. The number of aromatic nitrogens is 3. The summed E-state index contributed by atoms with van der Waals surface area (Å²) >= 11 is 1.69. The Kier molecular flexibility index (Phi) is 3.47. The molecule has 0 aliphatic carbocycles. The molecule has 0 saturated carbocycles. The first-order chi connectivity index (χ1) is 12.8. The van der Waals surface area contributed by atoms with Crippen molar-refractivity contribution < 1.29 is 4.74 Å². The van der Waals surface area contributed by atoms with E-state index in [1.54, 1.807) is 18.4 Å². The number of para-hydroxylation sites is 1. The van der Waals surface area contributed by atoms with Crippen LogP contribution in [0.2, 0.25) is 0 Å². The van der Waals surface area contributed by atoms with E-state index in [9.17, 15) is 0 Å². The van der Waals surface area contributed by atoms with E-state index in [0.717, 1.165) is 38.9 Å². The van der Waals surface area contributed by atoms with E-state index < -0.39 is 0 Å². The summed E-state index contributed by atoms with van der Waals surface area (Å²) in [6.07, 6.45) is 2.04. The molecule has 26 heavy (non-hydrogen) atoms. The first-order valence-electron chi connectivity index (χ1n) is 8.31. The van der Waals surface area contributed by atoms with Crippen LogP contribution in [-0.4, -0.2) is 21.5 Å². The van der Waals surface area contributed by atoms with Crippen molar-refractivity contribution in [1.29, 1.82) is 0 Å². The number of pyridine rings is 1. The van der Waals surface area contributed by atoms with Gasteiger partial charge in [-0.15, -0.1) is 11.3 Å². The Morgan fingerprint density at radius 1 is 0.885 bits per heavy atom. The Morgan fingerprint density at radius 2 is 1.69 bits per heavy atom. The maximum atomic E-state index is 5.28. The molecule has 2 aromatic carbocycles. The lowest BCUT2D eigenvalue weighted by molar-refractivity contribution is 0.415. The predicted molar refractivity (Wildman–Crippen MR) is 106 cm³/mol. The van der Waals surface area contributed by atoms with Crippen molar-refractivity contribution in [2.45, 2.75) is 0 Å². The summed E-state index contributed by atoms with van der Waals surface area (Å²) < 4.78 is 8.57. The number of hydrogen-bond acceptors (Lipinski definition) is 4. The van der Waals surface area contributed by atoms with Gasteiger partial charge < -0.3 is 4.74 Å². The van der Waals surface area contributed by atoms with Gasteiger partial charge in [-0.2, -0.15) is 0 Å². The van der Waals surface area contributed by atoms with E-state index >= 15 is 0 Å². The molecule has 5 heteroatoms. The van der Waals surface area contributed by atoms with Gasteiger partial charge in [0.1, 0.15) is 22.1 Å². The van der Waals surface area contributed by atoms with E-state index in [1.165, 1.54) is 4.70 Å². The van der Waals surface area contributed by atoms with Crippen LogP contribution < -0.4 is 4.74 Å². The summed E-state index contributed by atoms with van der Waals surface area (Å²) in [6, 6.07) is 22.2. The molecule has 0 aliphatic rings. The summed E-state index contributed by atoms with van der Waals surface area (Å²) in [4.78, 5) is 9.73. The Labute approximate surface area is 154 Å². The fourth-order valence-electron chi connectivity index (χ4n) is 3.12. The fourth-order valence-corrected chi connectivity index (χ4v) is 4.13. The molecule has 0 bridgehead atoms. The van der Waals surface area contributed by atoms with E-state index in [1.807, 2.05) is 66.9 Å². The highest BCUT2D eigenvalue weighted by Crippen LogP contribution is 2.37. The van der Waals surface area contributed by atoms with Gasteiger partial charge in [0.15, 0.2) is 0 Å². The zero-order chi connectivity index (χ0) is 17.5. The summed E-state index contributed by atoms with van der Waals surface area (Å²) in [5.41, 5.74) is 4.92. The number of thiazole rings is 1. The van der Waals surface area contributed by atoms with Crippen molar-refractivity contribution >= 4 is 27.2 Å². The van der Waals surface area contributed by atoms with Gasteiger partial charge >= 0.3 is 0 Å². The summed E-state index contributed by atoms with van der Waals surface area (Å²) in [7, 11) is 1.67. The molecule has 0 atom stereocenters. The van der Waals surface area contributed by atoms with Crippen LogP contribution in [-0.2, 0) is 0 Å². The number of fused-ring (bicyclic) bond motifs is 2. The fraction of sp³-hybridized carbons (Fsp3) is 0.0476. The van der Waals surface area contributed by atoms with Crippen LogP contribution in [0.5, 0.6) is 5.75 Å². The van der Waals surface area contributed by atoms with Crippen molar-refractivity contribution in [2.24, 2.45) is 0 Å². The number of ether oxygens (including phenoxy) is 1. The Balaban J connectivity index is 1.79. The molecule has 0 saturated heterocycles. The Bertz CT molecular complexity index is 1190. The lowest BCUT2D eigenvalue weighted by Gasteiger charge is -2.04. The zero-order valence-electron chi connectivity index (χ0n) is 14.1. The molecule has 5 rings (SSSR count). The largest absolute Gasteiger partial charge is 0.497 e. The maximum Gasteiger partial charge on any atom is 0.143 e. The number of nitrogens with zero attached hydrogens (tertiary/aromatic N) is 3. The number of benzene rings is 2. The third kappa shape index (κ3) is 2.36. The number of imidazole rings is 1. The first kappa shape index (κ1) is 15.1. The molecule has 3 heterocycles. The minimum Gasteiger partial charge on any atom is -0.497 e. The molecule has 0 unspecified atom stereocenters. The van der Waals surface area contributed by atoms with Crippen LogP contribution in [0.15, 0.2) is 72.9 Å². The molecule has 4 nitrogen and oxygen atoms in total. The van der Waals surface area contributed by atoms with Crippen LogP contribution in [0.3, 0.4) is 0 Å². The third-order valence-corrected chi connectivity index (χ3v) is 5.43. The second-order valence-electron chi connectivity index (χ2n) is 5.95. The second kappa shape index (κ2) is 5.97. The van der Waals surface area contributed by atoms with E-state index in [0.29, 0.717) is 0 Å². The quantitative estimate of drug-likeness (QED) is 0.441. The van der Waals surface area contributed by atoms with Gasteiger partial charge in [0.05, 0.1) is 23.0 Å². The average Bonchev–Trinajstić information content (AvgIpc) is 3.29. The van der Waals surface area contributed by atoms with Gasteiger partial charge in [-0.3, -0.25) is 4.40 Å². The molecule has 126 valence electrons. The van der Waals surface area contributed by atoms with E-state index in [2.05, 4.69) is 10.5 Å². The van der Waals surface area contributed by atoms with Gasteiger partial charge in [-0.1, -0.05) is 18.2 Å². The summed E-state index contributed by atoms with van der Waals surface area (Å²) in [5, 5.41) is 0.968. The SMILES string of the molecule is COc1ccc(-c2nc3ccccn3c2-c2nc3ccccc3s2)cc1. The highest BCUT2D eigenvalue weighted by Gasteiger charge is 2.19. The van der Waals surface area contributed by atoms with Crippen molar-refractivity contribution in [3.8, 4) is 27.7 Å². The number of hydrogen-bond donors (Lipinski definition) is 0. The number of methoxy groups -OCH3 is 1. The molecule has 0 N–H and O–H groups in total. The Hall–Kier alpha value is -3.18. The van der Waals surface area contributed by atoms with E-state index in [4.69, 9.17) is 14.7 Å². The standard InChI is InChI=1S/C21H15N3OS/c1-25-15-11-9-14(10-12-15)19-20(24-13-5-4-8-18(24)23-19)21-22-16-6-2-3-7-17(16)26-21/h2-13H,1H3. The van der Waals surface area contributed by atoms with Crippen LogP contribution >= 0.6 is 11.3 Å². The van der Waals surface area contributed by atoms with Crippen molar-refractivity contribution in [1.82, 2.24) is 14.4 Å². The van der Waals surface area contributed by atoms with Crippen molar-refractivity contribution in [3.05, 3.63) is 72.9 Å². The Morgan fingerprint density at radius 3 is 2.50 bits per heavy atom. The van der Waals surface area contributed by atoms with Crippen molar-refractivity contribution in [2.75, 3.05) is 7.11 Å². The highest BCUT2D eigenvalue weighted by molar-refractivity contribution is 7.21. The minimum absolute atomic E-state index is 0.832. The zero-order valence-corrected chi connectivity index (χ0v) is 14.9. The maximum absolute atomic E-state index is 5.28. The molecular weight excluding hydrogens is 342 g/mol. The second-order valence-corrected chi connectivity index (χ2v) is 6.98. The lowest BCUT2D eigenvalue weighted by Crippen LogP contribution is -1.89. The minimum atomic E-state index is 0.832. The monoisotopic (exact) mass is 357 g/mol.